The fourth-order valence-electron chi connectivity index (χ4n) is 2.94. The van der Waals surface area contributed by atoms with E-state index < -0.39 is 9.84 Å². The number of aryl methyl sites for hydroxylation is 1. The molecule has 1 fully saturated rings. The lowest BCUT2D eigenvalue weighted by Crippen LogP contribution is -2.17. The first-order chi connectivity index (χ1) is 11.4. The molecule has 2 aromatic rings. The van der Waals surface area contributed by atoms with E-state index in [1.165, 1.54) is 22.5 Å². The molecule has 1 atom stereocenters. The smallest absolute Gasteiger partial charge is 0.226 e. The molecule has 24 heavy (non-hydrogen) atoms. The van der Waals surface area contributed by atoms with Gasteiger partial charge in [-0.2, -0.15) is 0 Å². The summed E-state index contributed by atoms with van der Waals surface area (Å²) in [4.78, 5) is 17.4. The van der Waals surface area contributed by atoms with Crippen LogP contribution in [0.3, 0.4) is 0 Å². The van der Waals surface area contributed by atoms with E-state index in [1.807, 2.05) is 6.07 Å². The lowest BCUT2D eigenvalue weighted by Gasteiger charge is -2.06. The largest absolute Gasteiger partial charge is 0.302 e. The van der Waals surface area contributed by atoms with E-state index in [-0.39, 0.29) is 29.8 Å². The second-order valence-electron chi connectivity index (χ2n) is 6.32. The van der Waals surface area contributed by atoms with Crippen LogP contribution in [0.4, 0.5) is 5.13 Å². The Labute approximate surface area is 146 Å². The molecule has 0 radical (unpaired) electrons. The number of nitrogens with one attached hydrogen (secondary N) is 1. The monoisotopic (exact) mass is 364 g/mol. The number of sulfone groups is 1. The molecule has 5 nitrogen and oxygen atoms in total. The third-order valence-corrected chi connectivity index (χ3v) is 6.81. The number of amides is 1. The van der Waals surface area contributed by atoms with Gasteiger partial charge in [-0.3, -0.25) is 4.79 Å². The van der Waals surface area contributed by atoms with Gasteiger partial charge in [-0.05, 0) is 24.8 Å². The minimum Gasteiger partial charge on any atom is -0.302 e. The fraction of sp³-hybridized carbons (Fsp3) is 0.412. The molecule has 1 amide bonds. The van der Waals surface area contributed by atoms with Crippen LogP contribution in [0.1, 0.15) is 28.8 Å². The number of nitrogens with zero attached hydrogens (tertiary/aromatic N) is 1. The number of carbonyl (C=O) groups is 1. The van der Waals surface area contributed by atoms with E-state index in [4.69, 9.17) is 0 Å². The number of benzene rings is 1. The van der Waals surface area contributed by atoms with Crippen LogP contribution in [0.5, 0.6) is 0 Å². The molecule has 3 rings (SSSR count). The fourth-order valence-corrected chi connectivity index (χ4v) is 5.66. The second kappa shape index (κ2) is 7.03. The number of hydrogen-bond donors (Lipinski definition) is 1. The maximum Gasteiger partial charge on any atom is 0.226 e. The molecule has 128 valence electrons. The second-order valence-corrected chi connectivity index (χ2v) is 9.66. The molecule has 1 aromatic carbocycles. The Morgan fingerprint density at radius 3 is 2.96 bits per heavy atom. The third-order valence-electron chi connectivity index (χ3n) is 4.06. The molecule has 1 aromatic heterocycles. The highest BCUT2D eigenvalue weighted by atomic mass is 32.2. The van der Waals surface area contributed by atoms with E-state index in [0.717, 1.165) is 11.3 Å². The number of anilines is 1. The van der Waals surface area contributed by atoms with Crippen molar-refractivity contribution in [2.75, 3.05) is 16.8 Å². The number of aromatic nitrogens is 1. The van der Waals surface area contributed by atoms with E-state index in [1.54, 1.807) is 6.20 Å². The highest BCUT2D eigenvalue weighted by Gasteiger charge is 2.29. The quantitative estimate of drug-likeness (QED) is 0.885. The Morgan fingerprint density at radius 1 is 1.42 bits per heavy atom. The molecule has 0 unspecified atom stereocenters. The van der Waals surface area contributed by atoms with Crippen molar-refractivity contribution < 1.29 is 13.2 Å². The summed E-state index contributed by atoms with van der Waals surface area (Å²) in [6.07, 6.45) is 3.39. The van der Waals surface area contributed by atoms with Gasteiger partial charge < -0.3 is 5.32 Å². The number of hydrogen-bond acceptors (Lipinski definition) is 5. The van der Waals surface area contributed by atoms with Gasteiger partial charge in [-0.15, -0.1) is 11.3 Å². The van der Waals surface area contributed by atoms with Gasteiger partial charge in [-0.25, -0.2) is 13.4 Å². The standard InChI is InChI=1S/C17H20N2O3S2/c1-12-3-2-4-13(7-12)8-15-10-18-17(23-15)19-16(20)9-14-5-6-24(21,22)11-14/h2-4,7,10,14H,5-6,8-9,11H2,1H3,(H,18,19,20)/t14-/m0/s1. The van der Waals surface area contributed by atoms with Gasteiger partial charge in [0.25, 0.3) is 0 Å². The molecule has 1 N–H and O–H groups in total. The highest BCUT2D eigenvalue weighted by molar-refractivity contribution is 7.91. The molecular formula is C17H20N2O3S2. The molecule has 7 heteroatoms. The van der Waals surface area contributed by atoms with Gasteiger partial charge in [-0.1, -0.05) is 29.8 Å². The third kappa shape index (κ3) is 4.64. The lowest BCUT2D eigenvalue weighted by molar-refractivity contribution is -0.116. The van der Waals surface area contributed by atoms with Crippen molar-refractivity contribution in [1.29, 1.82) is 0 Å². The van der Waals surface area contributed by atoms with Crippen molar-refractivity contribution in [3.05, 3.63) is 46.5 Å². The highest BCUT2D eigenvalue weighted by Crippen LogP contribution is 2.24. The summed E-state index contributed by atoms with van der Waals surface area (Å²) in [7, 11) is -2.94. The Morgan fingerprint density at radius 2 is 2.25 bits per heavy atom. The zero-order valence-electron chi connectivity index (χ0n) is 13.5. The number of thiazole rings is 1. The summed E-state index contributed by atoms with van der Waals surface area (Å²) < 4.78 is 22.9. The van der Waals surface area contributed by atoms with Crippen LogP contribution in [0.25, 0.3) is 0 Å². The molecule has 1 aliphatic heterocycles. The van der Waals surface area contributed by atoms with Crippen LogP contribution in [-0.2, 0) is 21.1 Å². The summed E-state index contributed by atoms with van der Waals surface area (Å²) in [5.74, 6) is 0.0926. The van der Waals surface area contributed by atoms with Crippen LogP contribution >= 0.6 is 11.3 Å². The molecule has 0 aliphatic carbocycles. The van der Waals surface area contributed by atoms with Gasteiger partial charge >= 0.3 is 0 Å². The summed E-state index contributed by atoms with van der Waals surface area (Å²) in [5, 5.41) is 3.36. The maximum absolute atomic E-state index is 12.1. The van der Waals surface area contributed by atoms with Gasteiger partial charge in [0.15, 0.2) is 15.0 Å². The normalized spacial score (nSPS) is 19.3. The van der Waals surface area contributed by atoms with Gasteiger partial charge in [0.2, 0.25) is 5.91 Å². The molecular weight excluding hydrogens is 344 g/mol. The van der Waals surface area contributed by atoms with Crippen molar-refractivity contribution in [3.8, 4) is 0 Å². The topological polar surface area (TPSA) is 76.1 Å². The molecule has 0 spiro atoms. The average molecular weight is 364 g/mol. The number of carbonyl (C=O) groups excluding carboxylic acids is 1. The summed E-state index contributed by atoms with van der Waals surface area (Å²) in [6, 6.07) is 8.30. The van der Waals surface area contributed by atoms with Crippen LogP contribution in [-0.4, -0.2) is 30.8 Å². The number of rotatable bonds is 5. The molecule has 0 bridgehead atoms. The summed E-state index contributed by atoms with van der Waals surface area (Å²) in [6.45, 7) is 2.06. The molecule has 1 saturated heterocycles. The van der Waals surface area contributed by atoms with Crippen LogP contribution in [0.2, 0.25) is 0 Å². The van der Waals surface area contributed by atoms with Crippen molar-refractivity contribution in [2.45, 2.75) is 26.2 Å². The Hall–Kier alpha value is -1.73. The van der Waals surface area contributed by atoms with E-state index in [0.29, 0.717) is 11.6 Å². The van der Waals surface area contributed by atoms with Crippen molar-refractivity contribution in [1.82, 2.24) is 4.98 Å². The zero-order valence-corrected chi connectivity index (χ0v) is 15.1. The van der Waals surface area contributed by atoms with Gasteiger partial charge in [0.05, 0.1) is 11.5 Å². The van der Waals surface area contributed by atoms with Crippen LogP contribution < -0.4 is 5.32 Å². The summed E-state index contributed by atoms with van der Waals surface area (Å²) in [5.41, 5.74) is 2.43. The predicted molar refractivity (Wildman–Crippen MR) is 96.1 cm³/mol. The maximum atomic E-state index is 12.1. The first-order valence-electron chi connectivity index (χ1n) is 7.90. The van der Waals surface area contributed by atoms with Gasteiger partial charge in [0.1, 0.15) is 0 Å². The Bertz CT molecular complexity index is 843. The average Bonchev–Trinajstić information content (AvgIpc) is 3.05. The van der Waals surface area contributed by atoms with Crippen molar-refractivity contribution in [2.24, 2.45) is 5.92 Å². The predicted octanol–water partition coefficient (Wildman–Crippen LogP) is 2.81. The molecule has 2 heterocycles. The minimum absolute atomic E-state index is 0.0678. The van der Waals surface area contributed by atoms with E-state index in [2.05, 4.69) is 35.4 Å². The van der Waals surface area contributed by atoms with Gasteiger partial charge in [0, 0.05) is 23.9 Å². The Kier molecular flexibility index (Phi) is 5.01. The van der Waals surface area contributed by atoms with Crippen LogP contribution in [0, 0.1) is 12.8 Å². The first kappa shape index (κ1) is 17.1. The molecule has 1 aliphatic rings. The Balaban J connectivity index is 1.55. The molecule has 0 saturated carbocycles. The van der Waals surface area contributed by atoms with Crippen molar-refractivity contribution in [3.63, 3.8) is 0 Å². The zero-order chi connectivity index (χ0) is 17.2. The van der Waals surface area contributed by atoms with Crippen LogP contribution in [0.15, 0.2) is 30.5 Å². The van der Waals surface area contributed by atoms with Crippen molar-refractivity contribution >= 4 is 32.2 Å². The summed E-state index contributed by atoms with van der Waals surface area (Å²) >= 11 is 1.46. The SMILES string of the molecule is Cc1cccc(Cc2cnc(NC(=O)C[C@@H]3CCS(=O)(=O)C3)s2)c1. The van der Waals surface area contributed by atoms with E-state index >= 15 is 0 Å². The first-order valence-corrected chi connectivity index (χ1v) is 10.5. The lowest BCUT2D eigenvalue weighted by atomic mass is 10.1. The van der Waals surface area contributed by atoms with E-state index in [9.17, 15) is 13.2 Å². The minimum atomic E-state index is -2.94.